The molecule has 0 heteroatoms. The molecule has 166 valence electrons. The lowest BCUT2D eigenvalue weighted by molar-refractivity contribution is 0.459. The highest BCUT2D eigenvalue weighted by atomic mass is 14.3. The van der Waals surface area contributed by atoms with Crippen LogP contribution < -0.4 is 0 Å². The molecule has 1 aromatic carbocycles. The van der Waals surface area contributed by atoms with Crippen molar-refractivity contribution in [1.29, 1.82) is 0 Å². The van der Waals surface area contributed by atoms with Crippen LogP contribution >= 0.6 is 0 Å². The second kappa shape index (κ2) is 14.1. The van der Waals surface area contributed by atoms with E-state index in [9.17, 15) is 0 Å². The van der Waals surface area contributed by atoms with Crippen LogP contribution in [0.15, 0.2) is 36.4 Å². The van der Waals surface area contributed by atoms with E-state index in [1.807, 2.05) is 0 Å². The van der Waals surface area contributed by atoms with Gasteiger partial charge in [-0.2, -0.15) is 0 Å². The van der Waals surface area contributed by atoms with E-state index in [4.69, 9.17) is 0 Å². The van der Waals surface area contributed by atoms with E-state index >= 15 is 0 Å². The van der Waals surface area contributed by atoms with Gasteiger partial charge in [-0.25, -0.2) is 0 Å². The number of hydrogen-bond acceptors (Lipinski definition) is 0. The highest BCUT2D eigenvalue weighted by molar-refractivity contribution is 5.32. The molecule has 1 rings (SSSR count). The van der Waals surface area contributed by atoms with Crippen LogP contribution in [0.1, 0.15) is 136 Å². The summed E-state index contributed by atoms with van der Waals surface area (Å²) in [5.74, 6) is 1.22. The summed E-state index contributed by atoms with van der Waals surface area (Å²) in [5.41, 5.74) is 4.49. The van der Waals surface area contributed by atoms with Crippen molar-refractivity contribution >= 4 is 0 Å². The molecule has 1 aromatic rings. The smallest absolute Gasteiger partial charge is 0.00663 e. The summed E-state index contributed by atoms with van der Waals surface area (Å²) in [6.07, 6.45) is 16.5. The topological polar surface area (TPSA) is 0 Å². The Labute approximate surface area is 183 Å². The van der Waals surface area contributed by atoms with E-state index in [0.717, 1.165) is 6.42 Å². The number of hydrogen-bond donors (Lipinski definition) is 0. The maximum absolute atomic E-state index is 4.49. The molecule has 0 fully saturated rings. The first kappa shape index (κ1) is 26.0. The summed E-state index contributed by atoms with van der Waals surface area (Å²) in [6.45, 7) is 18.5. The van der Waals surface area contributed by atoms with Gasteiger partial charge < -0.3 is 0 Å². The van der Waals surface area contributed by atoms with E-state index in [1.165, 1.54) is 87.3 Å². The quantitative estimate of drug-likeness (QED) is 0.192. The molecule has 0 bridgehead atoms. The third-order valence-electron chi connectivity index (χ3n) is 6.69. The van der Waals surface area contributed by atoms with Crippen molar-refractivity contribution in [2.24, 2.45) is 5.92 Å². The number of allylic oxidation sites excluding steroid dienone is 1. The van der Waals surface area contributed by atoms with E-state index < -0.39 is 0 Å². The average Bonchev–Trinajstić information content (AvgIpc) is 2.69. The van der Waals surface area contributed by atoms with Gasteiger partial charge in [0, 0.05) is 0 Å². The van der Waals surface area contributed by atoms with E-state index in [2.05, 4.69) is 72.4 Å². The van der Waals surface area contributed by atoms with Crippen LogP contribution in [-0.4, -0.2) is 0 Å². The van der Waals surface area contributed by atoms with Crippen molar-refractivity contribution in [3.63, 3.8) is 0 Å². The molecule has 1 atom stereocenters. The van der Waals surface area contributed by atoms with Gasteiger partial charge in [0.15, 0.2) is 0 Å². The molecule has 0 aliphatic heterocycles. The zero-order valence-electron chi connectivity index (χ0n) is 20.7. The van der Waals surface area contributed by atoms with E-state index in [1.54, 1.807) is 0 Å². The normalized spacial score (nSPS) is 13.1. The third kappa shape index (κ3) is 10.5. The van der Waals surface area contributed by atoms with Crippen LogP contribution in [0.25, 0.3) is 0 Å². The fourth-order valence-electron chi connectivity index (χ4n) is 4.30. The molecule has 0 saturated carbocycles. The molecule has 0 amide bonds. The van der Waals surface area contributed by atoms with Gasteiger partial charge in [0.1, 0.15) is 0 Å². The van der Waals surface area contributed by atoms with Crippen molar-refractivity contribution in [3.05, 3.63) is 47.5 Å². The summed E-state index contributed by atoms with van der Waals surface area (Å²) < 4.78 is 0. The van der Waals surface area contributed by atoms with Gasteiger partial charge in [-0.1, -0.05) is 142 Å². The monoisotopic (exact) mass is 398 g/mol. The second-order valence-corrected chi connectivity index (χ2v) is 10.4. The fourth-order valence-corrected chi connectivity index (χ4v) is 4.30. The molecule has 0 unspecified atom stereocenters. The summed E-state index contributed by atoms with van der Waals surface area (Å²) in [5, 5.41) is 0. The maximum atomic E-state index is 4.49. The van der Waals surface area contributed by atoms with Crippen LogP contribution in [0.2, 0.25) is 0 Å². The maximum Gasteiger partial charge on any atom is -0.00663 e. The highest BCUT2D eigenvalue weighted by Gasteiger charge is 2.24. The Bertz CT molecular complexity index is 563. The number of unbranched alkanes of at least 4 members (excludes halogenated alkanes) is 9. The van der Waals surface area contributed by atoms with Crippen LogP contribution in [0.4, 0.5) is 0 Å². The first-order chi connectivity index (χ1) is 13.8. The van der Waals surface area contributed by atoms with Gasteiger partial charge in [-0.3, -0.25) is 0 Å². The molecule has 29 heavy (non-hydrogen) atoms. The van der Waals surface area contributed by atoms with Crippen LogP contribution in [0.3, 0.4) is 0 Å². The molecule has 0 aliphatic carbocycles. The average molecular weight is 399 g/mol. The van der Waals surface area contributed by atoms with Crippen molar-refractivity contribution in [2.45, 2.75) is 130 Å². The Balaban J connectivity index is 2.29. The molecular weight excluding hydrogens is 348 g/mol. The minimum atomic E-state index is 0.161. The van der Waals surface area contributed by atoms with Crippen LogP contribution in [0, 0.1) is 5.92 Å². The van der Waals surface area contributed by atoms with Crippen molar-refractivity contribution < 1.29 is 0 Å². The number of benzene rings is 1. The molecule has 0 spiro atoms. The van der Waals surface area contributed by atoms with Gasteiger partial charge in [0.05, 0.1) is 0 Å². The molecule has 0 saturated heterocycles. The second-order valence-electron chi connectivity index (χ2n) is 10.4. The summed E-state index contributed by atoms with van der Waals surface area (Å²) >= 11 is 0. The van der Waals surface area contributed by atoms with Crippen molar-refractivity contribution in [1.82, 2.24) is 0 Å². The van der Waals surface area contributed by atoms with Gasteiger partial charge in [-0.15, -0.1) is 0 Å². The Morgan fingerprint density at radius 3 is 1.97 bits per heavy atom. The standard InChI is InChI=1S/C29H50/c1-8-9-10-11-12-13-14-15-16-17-19-25(4)26(5)23-29(6,7)28-21-18-20-27(22-28)24(2)3/h18,20-22,24-25H,5,8-17,19,23H2,1-4,6-7H3/t25-/m0/s1. The van der Waals surface area contributed by atoms with Crippen LogP contribution in [-0.2, 0) is 5.41 Å². The molecule has 0 radical (unpaired) electrons. The van der Waals surface area contributed by atoms with Crippen molar-refractivity contribution in [3.8, 4) is 0 Å². The SMILES string of the molecule is C=C(CC(C)(C)c1cccc(C(C)C)c1)[C@@H](C)CCCCCCCCCCCC. The summed E-state index contributed by atoms with van der Waals surface area (Å²) in [7, 11) is 0. The molecule has 0 aliphatic rings. The lowest BCUT2D eigenvalue weighted by atomic mass is 9.75. The zero-order chi connectivity index (χ0) is 21.7. The lowest BCUT2D eigenvalue weighted by Gasteiger charge is -2.29. The fraction of sp³-hybridized carbons (Fsp3) is 0.724. The van der Waals surface area contributed by atoms with E-state index in [-0.39, 0.29) is 5.41 Å². The minimum absolute atomic E-state index is 0.161. The number of rotatable bonds is 16. The predicted molar refractivity (Wildman–Crippen MR) is 133 cm³/mol. The van der Waals surface area contributed by atoms with Crippen LogP contribution in [0.5, 0.6) is 0 Å². The summed E-state index contributed by atoms with van der Waals surface area (Å²) in [4.78, 5) is 0. The Morgan fingerprint density at radius 1 is 0.862 bits per heavy atom. The Kier molecular flexibility index (Phi) is 12.6. The predicted octanol–water partition coefficient (Wildman–Crippen LogP) is 9.98. The highest BCUT2D eigenvalue weighted by Crippen LogP contribution is 2.34. The Hall–Kier alpha value is -1.04. The lowest BCUT2D eigenvalue weighted by Crippen LogP contribution is -2.20. The molecule has 0 aromatic heterocycles. The molecule has 0 N–H and O–H groups in total. The zero-order valence-corrected chi connectivity index (χ0v) is 20.7. The summed E-state index contributed by atoms with van der Waals surface area (Å²) in [6, 6.07) is 9.19. The third-order valence-corrected chi connectivity index (χ3v) is 6.69. The largest absolute Gasteiger partial charge is 0.0996 e. The molecule has 0 heterocycles. The van der Waals surface area contributed by atoms with Gasteiger partial charge in [0.25, 0.3) is 0 Å². The van der Waals surface area contributed by atoms with Crippen molar-refractivity contribution in [2.75, 3.05) is 0 Å². The van der Waals surface area contributed by atoms with E-state index in [0.29, 0.717) is 11.8 Å². The molecular formula is C29H50. The first-order valence-corrected chi connectivity index (χ1v) is 12.6. The first-order valence-electron chi connectivity index (χ1n) is 12.6. The Morgan fingerprint density at radius 2 is 1.41 bits per heavy atom. The molecule has 0 nitrogen and oxygen atoms in total. The van der Waals surface area contributed by atoms with Gasteiger partial charge in [-0.05, 0) is 41.2 Å². The van der Waals surface area contributed by atoms with Gasteiger partial charge >= 0.3 is 0 Å². The minimum Gasteiger partial charge on any atom is -0.0996 e. The van der Waals surface area contributed by atoms with Gasteiger partial charge in [0.2, 0.25) is 0 Å².